The van der Waals surface area contributed by atoms with Crippen LogP contribution in [-0.4, -0.2) is 41.5 Å². The maximum atomic E-state index is 12.5. The minimum atomic E-state index is -0.285. The lowest BCUT2D eigenvalue weighted by Gasteiger charge is -2.26. The number of hydrogen-bond donors (Lipinski definition) is 0. The molecule has 23 heavy (non-hydrogen) atoms. The van der Waals surface area contributed by atoms with E-state index in [1.807, 2.05) is 36.4 Å². The molecule has 1 atom stereocenters. The van der Waals surface area contributed by atoms with E-state index in [1.54, 1.807) is 30.0 Å². The number of halogens is 1. The van der Waals surface area contributed by atoms with Crippen molar-refractivity contribution in [2.45, 2.75) is 12.6 Å². The first-order valence-corrected chi connectivity index (χ1v) is 7.75. The number of aromatic nitrogens is 1. The van der Waals surface area contributed by atoms with Gasteiger partial charge in [-0.3, -0.25) is 0 Å². The molecule has 0 fully saturated rings. The van der Waals surface area contributed by atoms with E-state index in [-0.39, 0.29) is 12.1 Å². The number of amides is 2. The van der Waals surface area contributed by atoms with E-state index < -0.39 is 0 Å². The van der Waals surface area contributed by atoms with Crippen LogP contribution in [0.3, 0.4) is 0 Å². The minimum Gasteiger partial charge on any atom is -0.467 e. The van der Waals surface area contributed by atoms with Gasteiger partial charge in [-0.15, -0.1) is 0 Å². The highest BCUT2D eigenvalue weighted by atomic mass is 35.5. The zero-order chi connectivity index (χ0) is 16.4. The molecule has 6 heteroatoms. The average Bonchev–Trinajstić information content (AvgIpc) is 2.74. The van der Waals surface area contributed by atoms with Gasteiger partial charge in [0.2, 0.25) is 5.88 Å². The Bertz CT molecular complexity index is 706. The number of ether oxygens (including phenoxy) is 1. The molecule has 0 aliphatic carbocycles. The van der Waals surface area contributed by atoms with Crippen LogP contribution in [0, 0.1) is 0 Å². The van der Waals surface area contributed by atoms with Crippen molar-refractivity contribution in [2.75, 3.05) is 20.6 Å². The lowest BCUT2D eigenvalue weighted by molar-refractivity contribution is 0.132. The van der Waals surface area contributed by atoms with E-state index in [9.17, 15) is 4.79 Å². The van der Waals surface area contributed by atoms with Crippen LogP contribution in [0.25, 0.3) is 0 Å². The standard InChI is InChI=1S/C17H18ClN3O2/c1-20(2)17(22)21-10-13-8-9-15(18)19-16(13)23-14(11-21)12-6-4-3-5-7-12/h3-9,14H,10-11H2,1-2H3. The normalized spacial score (nSPS) is 17.0. The molecule has 1 aromatic carbocycles. The van der Waals surface area contributed by atoms with Gasteiger partial charge in [0.05, 0.1) is 13.1 Å². The van der Waals surface area contributed by atoms with E-state index in [1.165, 1.54) is 0 Å². The maximum Gasteiger partial charge on any atom is 0.319 e. The molecular weight excluding hydrogens is 314 g/mol. The van der Waals surface area contributed by atoms with Gasteiger partial charge >= 0.3 is 6.03 Å². The number of fused-ring (bicyclic) bond motifs is 1. The summed E-state index contributed by atoms with van der Waals surface area (Å²) in [4.78, 5) is 20.1. The third-order valence-electron chi connectivity index (χ3n) is 3.73. The summed E-state index contributed by atoms with van der Waals surface area (Å²) in [7, 11) is 3.49. The summed E-state index contributed by atoms with van der Waals surface area (Å²) >= 11 is 5.99. The number of rotatable bonds is 1. The van der Waals surface area contributed by atoms with E-state index in [0.717, 1.165) is 11.1 Å². The monoisotopic (exact) mass is 331 g/mol. The first-order chi connectivity index (χ1) is 11.0. The number of urea groups is 1. The Morgan fingerprint density at radius 3 is 2.70 bits per heavy atom. The van der Waals surface area contributed by atoms with Crippen molar-refractivity contribution in [1.82, 2.24) is 14.8 Å². The molecule has 1 aliphatic rings. The van der Waals surface area contributed by atoms with Gasteiger partial charge in [0, 0.05) is 19.7 Å². The van der Waals surface area contributed by atoms with Gasteiger partial charge in [-0.05, 0) is 17.7 Å². The van der Waals surface area contributed by atoms with Gasteiger partial charge in [0.15, 0.2) is 0 Å². The maximum absolute atomic E-state index is 12.5. The fourth-order valence-electron chi connectivity index (χ4n) is 2.58. The van der Waals surface area contributed by atoms with Crippen LogP contribution in [0.4, 0.5) is 4.79 Å². The lowest BCUT2D eigenvalue weighted by Crippen LogP contribution is -2.40. The Morgan fingerprint density at radius 1 is 1.26 bits per heavy atom. The molecule has 1 unspecified atom stereocenters. The number of hydrogen-bond acceptors (Lipinski definition) is 3. The highest BCUT2D eigenvalue weighted by Gasteiger charge is 2.28. The van der Waals surface area contributed by atoms with Crippen molar-refractivity contribution in [1.29, 1.82) is 0 Å². The molecule has 0 N–H and O–H groups in total. The lowest BCUT2D eigenvalue weighted by atomic mass is 10.1. The summed E-state index contributed by atoms with van der Waals surface area (Å²) in [6.45, 7) is 0.898. The molecular formula is C17H18ClN3O2. The molecule has 0 saturated heterocycles. The summed E-state index contributed by atoms with van der Waals surface area (Å²) < 4.78 is 6.08. The SMILES string of the molecule is CN(C)C(=O)N1Cc2ccc(Cl)nc2OC(c2ccccc2)C1. The van der Waals surface area contributed by atoms with E-state index >= 15 is 0 Å². The predicted octanol–water partition coefficient (Wildman–Crippen LogP) is 3.35. The summed E-state index contributed by atoms with van der Waals surface area (Å²) in [6, 6.07) is 13.3. The molecule has 120 valence electrons. The van der Waals surface area contributed by atoms with E-state index in [4.69, 9.17) is 16.3 Å². The van der Waals surface area contributed by atoms with Gasteiger partial charge in [-0.25, -0.2) is 9.78 Å². The van der Waals surface area contributed by atoms with Gasteiger partial charge in [0.25, 0.3) is 0 Å². The van der Waals surface area contributed by atoms with E-state index in [0.29, 0.717) is 24.1 Å². The van der Waals surface area contributed by atoms with Gasteiger partial charge in [0.1, 0.15) is 11.3 Å². The smallest absolute Gasteiger partial charge is 0.319 e. The second kappa shape index (κ2) is 6.46. The third-order valence-corrected chi connectivity index (χ3v) is 3.94. The molecule has 0 saturated carbocycles. The number of nitrogens with zero attached hydrogens (tertiary/aromatic N) is 3. The molecule has 2 heterocycles. The molecule has 3 rings (SSSR count). The van der Waals surface area contributed by atoms with Crippen molar-refractivity contribution in [3.63, 3.8) is 0 Å². The van der Waals surface area contributed by atoms with Crippen LogP contribution in [0.1, 0.15) is 17.2 Å². The number of carbonyl (C=O) groups excluding carboxylic acids is 1. The molecule has 0 bridgehead atoms. The Morgan fingerprint density at radius 2 is 2.00 bits per heavy atom. The summed E-state index contributed by atoms with van der Waals surface area (Å²) in [5.41, 5.74) is 1.85. The Balaban J connectivity index is 1.99. The quantitative estimate of drug-likeness (QED) is 0.753. The third kappa shape index (κ3) is 3.40. The van der Waals surface area contributed by atoms with Gasteiger partial charge in [-0.2, -0.15) is 0 Å². The van der Waals surface area contributed by atoms with Crippen molar-refractivity contribution in [3.8, 4) is 5.88 Å². The first-order valence-electron chi connectivity index (χ1n) is 7.38. The minimum absolute atomic E-state index is 0.0580. The Labute approximate surface area is 140 Å². The molecule has 1 aliphatic heterocycles. The van der Waals surface area contributed by atoms with Crippen molar-refractivity contribution in [2.24, 2.45) is 0 Å². The largest absolute Gasteiger partial charge is 0.467 e. The molecule has 1 aromatic heterocycles. The summed E-state index contributed by atoms with van der Waals surface area (Å²) in [5, 5.41) is 0.378. The van der Waals surface area contributed by atoms with Crippen LogP contribution in [-0.2, 0) is 6.54 Å². The zero-order valence-corrected chi connectivity index (χ0v) is 13.8. The number of pyridine rings is 1. The second-order valence-electron chi connectivity index (χ2n) is 5.67. The van der Waals surface area contributed by atoms with Crippen LogP contribution in [0.2, 0.25) is 5.15 Å². The van der Waals surface area contributed by atoms with Crippen LogP contribution in [0.15, 0.2) is 42.5 Å². The summed E-state index contributed by atoms with van der Waals surface area (Å²) in [6.07, 6.45) is -0.285. The molecule has 2 amide bonds. The molecule has 0 spiro atoms. The van der Waals surface area contributed by atoms with E-state index in [2.05, 4.69) is 4.98 Å². The van der Waals surface area contributed by atoms with Gasteiger partial charge in [-0.1, -0.05) is 41.9 Å². The first kappa shape index (κ1) is 15.6. The fourth-order valence-corrected chi connectivity index (χ4v) is 2.72. The number of carbonyl (C=O) groups is 1. The highest BCUT2D eigenvalue weighted by molar-refractivity contribution is 6.29. The topological polar surface area (TPSA) is 45.7 Å². The fraction of sp³-hybridized carbons (Fsp3) is 0.294. The highest BCUT2D eigenvalue weighted by Crippen LogP contribution is 2.31. The summed E-state index contributed by atoms with van der Waals surface area (Å²) in [5.74, 6) is 0.486. The number of benzene rings is 1. The second-order valence-corrected chi connectivity index (χ2v) is 6.06. The van der Waals surface area contributed by atoms with Crippen molar-refractivity contribution in [3.05, 3.63) is 58.7 Å². The Kier molecular flexibility index (Phi) is 4.39. The zero-order valence-electron chi connectivity index (χ0n) is 13.1. The van der Waals surface area contributed by atoms with Gasteiger partial charge < -0.3 is 14.5 Å². The molecule has 5 nitrogen and oxygen atoms in total. The van der Waals surface area contributed by atoms with Crippen molar-refractivity contribution < 1.29 is 9.53 Å². The predicted molar refractivity (Wildman–Crippen MR) is 88.6 cm³/mol. The molecule has 0 radical (unpaired) electrons. The van der Waals surface area contributed by atoms with Crippen molar-refractivity contribution >= 4 is 17.6 Å². The average molecular weight is 332 g/mol. The van der Waals surface area contributed by atoms with Crippen LogP contribution in [0.5, 0.6) is 5.88 Å². The Hall–Kier alpha value is -2.27. The van der Waals surface area contributed by atoms with Crippen LogP contribution >= 0.6 is 11.6 Å². The van der Waals surface area contributed by atoms with Crippen LogP contribution < -0.4 is 4.74 Å². The molecule has 2 aromatic rings.